The molecule has 0 aliphatic carbocycles. The lowest BCUT2D eigenvalue weighted by Crippen LogP contribution is -2.52. The van der Waals surface area contributed by atoms with Crippen LogP contribution in [0.4, 0.5) is 17.1 Å². The number of para-hydroxylation sites is 4. The first-order chi connectivity index (χ1) is 25.3. The molecular weight excluding hydrogens is 631 g/mol. The molecule has 0 saturated heterocycles. The summed E-state index contributed by atoms with van der Waals surface area (Å²) in [6.45, 7) is 11.1. The second-order valence-corrected chi connectivity index (χ2v) is 15.1. The van der Waals surface area contributed by atoms with Gasteiger partial charge in [-0.25, -0.2) is 0 Å². The lowest BCUT2D eigenvalue weighted by atomic mass is 9.50. The number of rotatable bonds is 3. The van der Waals surface area contributed by atoms with Gasteiger partial charge in [0.15, 0.2) is 0 Å². The van der Waals surface area contributed by atoms with Crippen molar-refractivity contribution in [2.45, 2.75) is 40.0 Å². The molecule has 52 heavy (non-hydrogen) atoms. The molecule has 250 valence electrons. The minimum absolute atomic E-state index is 0.187. The van der Waals surface area contributed by atoms with Crippen molar-refractivity contribution < 1.29 is 4.65 Å². The molecule has 7 aromatic carbocycles. The summed E-state index contributed by atoms with van der Waals surface area (Å²) in [7, 11) is 0. The third-order valence-corrected chi connectivity index (χ3v) is 11.6. The monoisotopic (exact) mass is 670 g/mol. The van der Waals surface area contributed by atoms with E-state index in [2.05, 4.69) is 190 Å². The predicted molar refractivity (Wildman–Crippen MR) is 219 cm³/mol. The van der Waals surface area contributed by atoms with E-state index < -0.39 is 0 Å². The molecule has 3 heterocycles. The van der Waals surface area contributed by atoms with Crippen LogP contribution in [0, 0.1) is 20.8 Å². The van der Waals surface area contributed by atoms with Crippen LogP contribution in [0.15, 0.2) is 146 Å². The molecule has 0 saturated carbocycles. The molecule has 2 aliphatic rings. The minimum atomic E-state index is -0.225. The molecule has 4 heteroatoms. The highest BCUT2D eigenvalue weighted by Gasteiger charge is 2.39. The lowest BCUT2D eigenvalue weighted by Gasteiger charge is -2.42. The Kier molecular flexibility index (Phi) is 6.66. The fourth-order valence-corrected chi connectivity index (χ4v) is 9.26. The van der Waals surface area contributed by atoms with E-state index >= 15 is 0 Å². The third kappa shape index (κ3) is 4.40. The number of hydrogen-bond acceptors (Lipinski definition) is 2. The van der Waals surface area contributed by atoms with E-state index in [1.807, 2.05) is 0 Å². The third-order valence-electron chi connectivity index (χ3n) is 11.6. The van der Waals surface area contributed by atoms with Gasteiger partial charge >= 0.3 is 6.92 Å². The zero-order valence-corrected chi connectivity index (χ0v) is 30.2. The molecular formula is C48H39BN2O. The quantitative estimate of drug-likeness (QED) is 0.174. The molecule has 0 bridgehead atoms. The highest BCUT2D eigenvalue weighted by Crippen LogP contribution is 2.53. The van der Waals surface area contributed by atoms with Gasteiger partial charge in [0.1, 0.15) is 5.75 Å². The molecule has 0 unspecified atom stereocenters. The van der Waals surface area contributed by atoms with Gasteiger partial charge < -0.3 is 14.1 Å². The smallest absolute Gasteiger partial charge is 0.427 e. The maximum atomic E-state index is 6.86. The highest BCUT2D eigenvalue weighted by atomic mass is 16.4. The topological polar surface area (TPSA) is 17.4 Å². The molecule has 0 atom stereocenters. The Hall–Kier alpha value is -6.00. The Labute approximate surface area is 305 Å². The summed E-state index contributed by atoms with van der Waals surface area (Å²) in [5.41, 5.74) is 18.2. The maximum Gasteiger partial charge on any atom is 0.427 e. The highest BCUT2D eigenvalue weighted by molar-refractivity contribution is 6.83. The Morgan fingerprint density at radius 3 is 1.90 bits per heavy atom. The number of anilines is 3. The van der Waals surface area contributed by atoms with Crippen LogP contribution >= 0.6 is 0 Å². The van der Waals surface area contributed by atoms with Gasteiger partial charge in [-0.3, -0.25) is 0 Å². The Morgan fingerprint density at radius 1 is 0.538 bits per heavy atom. The molecule has 0 amide bonds. The summed E-state index contributed by atoms with van der Waals surface area (Å²) in [5.74, 6) is 0.924. The van der Waals surface area contributed by atoms with Crippen molar-refractivity contribution >= 4 is 56.7 Å². The van der Waals surface area contributed by atoms with E-state index in [1.165, 1.54) is 83.2 Å². The van der Waals surface area contributed by atoms with Crippen LogP contribution in [0.1, 0.15) is 41.7 Å². The summed E-state index contributed by atoms with van der Waals surface area (Å²) in [6, 6.07) is 53.5. The maximum absolute atomic E-state index is 6.86. The van der Waals surface area contributed by atoms with Gasteiger partial charge in [-0.2, -0.15) is 0 Å². The van der Waals surface area contributed by atoms with Gasteiger partial charge in [-0.1, -0.05) is 122 Å². The SMILES string of the molecule is Cc1cc(C)c(B2Oc3ccccc3-c3cc(N4c5ccccc5C(C)(C)c5cc(-n6c7ccccc7c7ccccc76)ccc54)ccc32)c(C)c1. The standard InChI is InChI=1S/C48H39BN2O/c1-30-26-31(2)47(32(3)27-30)49-41-24-22-33(28-38(41)37-16-8-13-21-46(37)52-49)51-44-20-12-9-17-39(44)48(4,5)40-29-34(23-25-45(40)51)50-42-18-10-6-14-35(42)36-15-7-11-19-43(36)50/h6-29H,1-5H3. The average Bonchev–Trinajstić information content (AvgIpc) is 3.49. The van der Waals surface area contributed by atoms with Crippen LogP contribution in [0.2, 0.25) is 0 Å². The van der Waals surface area contributed by atoms with Crippen LogP contribution in [0.25, 0.3) is 38.6 Å². The molecule has 3 nitrogen and oxygen atoms in total. The van der Waals surface area contributed by atoms with E-state index in [-0.39, 0.29) is 12.3 Å². The van der Waals surface area contributed by atoms with Crippen LogP contribution in [0.3, 0.4) is 0 Å². The molecule has 0 radical (unpaired) electrons. The predicted octanol–water partition coefficient (Wildman–Crippen LogP) is 11.0. The average molecular weight is 671 g/mol. The molecule has 0 N–H and O–H groups in total. The van der Waals surface area contributed by atoms with Gasteiger partial charge in [0.05, 0.1) is 22.4 Å². The van der Waals surface area contributed by atoms with Crippen molar-refractivity contribution in [3.63, 3.8) is 0 Å². The molecule has 1 aromatic heterocycles. The Bertz CT molecular complexity index is 2680. The zero-order valence-electron chi connectivity index (χ0n) is 30.2. The van der Waals surface area contributed by atoms with E-state index in [1.54, 1.807) is 0 Å². The fraction of sp³-hybridized carbons (Fsp3) is 0.125. The summed E-state index contributed by atoms with van der Waals surface area (Å²) in [6.07, 6.45) is 0. The molecule has 8 aromatic rings. The first-order valence-electron chi connectivity index (χ1n) is 18.3. The van der Waals surface area contributed by atoms with Crippen LogP contribution in [-0.4, -0.2) is 11.5 Å². The summed E-state index contributed by atoms with van der Waals surface area (Å²) in [5, 5.41) is 2.55. The second-order valence-electron chi connectivity index (χ2n) is 15.1. The molecule has 0 spiro atoms. The summed E-state index contributed by atoms with van der Waals surface area (Å²) in [4.78, 5) is 2.47. The van der Waals surface area contributed by atoms with E-state index in [0.717, 1.165) is 17.0 Å². The first-order valence-corrected chi connectivity index (χ1v) is 18.3. The van der Waals surface area contributed by atoms with E-state index in [0.29, 0.717) is 0 Å². The fourth-order valence-electron chi connectivity index (χ4n) is 9.26. The number of aromatic nitrogens is 1. The van der Waals surface area contributed by atoms with Crippen molar-refractivity contribution in [3.05, 3.63) is 173 Å². The number of fused-ring (bicyclic) bond motifs is 8. The van der Waals surface area contributed by atoms with E-state index in [9.17, 15) is 0 Å². The van der Waals surface area contributed by atoms with Gasteiger partial charge in [-0.05, 0) is 103 Å². The number of aryl methyl sites for hydroxylation is 3. The van der Waals surface area contributed by atoms with Gasteiger partial charge in [0.25, 0.3) is 0 Å². The summed E-state index contributed by atoms with van der Waals surface area (Å²) < 4.78 is 9.29. The zero-order chi connectivity index (χ0) is 35.3. The van der Waals surface area contributed by atoms with Crippen molar-refractivity contribution in [1.29, 1.82) is 0 Å². The molecule has 10 rings (SSSR count). The normalized spacial score (nSPS) is 14.1. The largest absolute Gasteiger partial charge is 0.551 e. The Morgan fingerprint density at radius 2 is 1.15 bits per heavy atom. The number of hydrogen-bond donors (Lipinski definition) is 0. The number of benzene rings is 7. The minimum Gasteiger partial charge on any atom is -0.551 e. The van der Waals surface area contributed by atoms with E-state index in [4.69, 9.17) is 4.65 Å². The molecule has 2 aliphatic heterocycles. The molecule has 0 fully saturated rings. The van der Waals surface area contributed by atoms with Crippen LogP contribution < -0.4 is 20.5 Å². The van der Waals surface area contributed by atoms with Crippen molar-refractivity contribution in [2.24, 2.45) is 0 Å². The van der Waals surface area contributed by atoms with Crippen LogP contribution in [0.5, 0.6) is 5.75 Å². The number of nitrogens with zero attached hydrogens (tertiary/aromatic N) is 2. The van der Waals surface area contributed by atoms with Gasteiger partial charge in [0, 0.05) is 33.1 Å². The first kappa shape index (κ1) is 30.8. The van der Waals surface area contributed by atoms with Crippen molar-refractivity contribution in [1.82, 2.24) is 4.57 Å². The summed E-state index contributed by atoms with van der Waals surface area (Å²) >= 11 is 0. The van der Waals surface area contributed by atoms with Crippen molar-refractivity contribution in [3.8, 4) is 22.6 Å². The van der Waals surface area contributed by atoms with Crippen molar-refractivity contribution in [2.75, 3.05) is 4.90 Å². The Balaban J connectivity index is 1.19. The van der Waals surface area contributed by atoms with Crippen LogP contribution in [-0.2, 0) is 5.41 Å². The second kappa shape index (κ2) is 11.3. The lowest BCUT2D eigenvalue weighted by molar-refractivity contribution is 0.590. The van der Waals surface area contributed by atoms with Gasteiger partial charge in [0.2, 0.25) is 0 Å². The van der Waals surface area contributed by atoms with Gasteiger partial charge in [-0.15, -0.1) is 0 Å².